The minimum atomic E-state index is -3.32. The van der Waals surface area contributed by atoms with Crippen LogP contribution in [0.1, 0.15) is 41.6 Å². The van der Waals surface area contributed by atoms with Crippen molar-refractivity contribution in [2.24, 2.45) is 5.92 Å². The number of nitrogens with zero attached hydrogens (tertiary/aromatic N) is 1. The second kappa shape index (κ2) is 10.1. The van der Waals surface area contributed by atoms with Crippen molar-refractivity contribution in [1.82, 2.24) is 4.90 Å². The van der Waals surface area contributed by atoms with E-state index in [0.717, 1.165) is 18.9 Å². The monoisotopic (exact) mass is 498 g/mol. The molecule has 4 rings (SSSR count). The number of anilines is 1. The number of hydrogen-bond donors (Lipinski definition) is 2. The van der Waals surface area contributed by atoms with Crippen molar-refractivity contribution < 1.29 is 46.5 Å². The number of amides is 2. The molecule has 0 spiro atoms. The minimum absolute atomic E-state index is 0.00638. The molecule has 8 nitrogen and oxygen atoms in total. The van der Waals surface area contributed by atoms with Crippen LogP contribution in [0.25, 0.3) is 0 Å². The highest BCUT2D eigenvalue weighted by Gasteiger charge is 2.39. The zero-order valence-electron chi connectivity index (χ0n) is 18.3. The molecule has 0 bridgehead atoms. The highest BCUT2D eigenvalue weighted by atomic mass is 19.3. The van der Waals surface area contributed by atoms with Crippen LogP contribution >= 0.6 is 0 Å². The lowest BCUT2D eigenvalue weighted by Gasteiger charge is -2.31. The molecule has 2 N–H and O–H groups in total. The number of ether oxygens (including phenoxy) is 2. The highest BCUT2D eigenvalue weighted by molar-refractivity contribution is 6.07. The Morgan fingerprint density at radius 3 is 2.54 bits per heavy atom. The number of hydrogen-bond acceptors (Lipinski definition) is 5. The molecule has 2 atom stereocenters. The van der Waals surface area contributed by atoms with Crippen molar-refractivity contribution in [2.45, 2.75) is 57.6 Å². The third kappa shape index (κ3) is 5.64. The van der Waals surface area contributed by atoms with Crippen molar-refractivity contribution in [3.63, 3.8) is 0 Å². The molecule has 0 saturated heterocycles. The number of halogens is 4. The molecule has 1 saturated carbocycles. The molecule has 2 unspecified atom stereocenters. The Kier molecular flexibility index (Phi) is 7.10. The number of alkyl halides is 4. The smallest absolute Gasteiger partial charge is 0.387 e. The molecule has 3 aliphatic rings. The van der Waals surface area contributed by atoms with Gasteiger partial charge in [-0.05, 0) is 42.5 Å². The van der Waals surface area contributed by atoms with Crippen molar-refractivity contribution >= 4 is 23.5 Å². The number of benzene rings is 1. The fourth-order valence-electron chi connectivity index (χ4n) is 4.26. The van der Waals surface area contributed by atoms with E-state index in [9.17, 15) is 37.1 Å². The topological polar surface area (TPSA) is 105 Å². The molecule has 1 aliphatic heterocycles. The average molecular weight is 498 g/mol. The van der Waals surface area contributed by atoms with Crippen LogP contribution in [0.2, 0.25) is 0 Å². The number of carbonyl (C=O) groups is 3. The van der Waals surface area contributed by atoms with Crippen molar-refractivity contribution in [3.05, 3.63) is 52.8 Å². The van der Waals surface area contributed by atoms with Gasteiger partial charge in [0, 0.05) is 12.5 Å². The molecule has 35 heavy (non-hydrogen) atoms. The van der Waals surface area contributed by atoms with E-state index in [1.165, 1.54) is 11.0 Å². The van der Waals surface area contributed by atoms with E-state index < -0.39 is 49.4 Å². The molecule has 1 aromatic carbocycles. The van der Waals surface area contributed by atoms with Crippen LogP contribution in [-0.4, -0.2) is 53.2 Å². The van der Waals surface area contributed by atoms with Crippen LogP contribution in [0.15, 0.2) is 41.7 Å². The van der Waals surface area contributed by atoms with E-state index in [-0.39, 0.29) is 35.9 Å². The van der Waals surface area contributed by atoms with E-state index in [4.69, 9.17) is 0 Å². The maximum Gasteiger partial charge on any atom is 0.387 e. The summed E-state index contributed by atoms with van der Waals surface area (Å²) >= 11 is 0. The van der Waals surface area contributed by atoms with Crippen LogP contribution in [-0.2, 0) is 25.6 Å². The lowest BCUT2D eigenvalue weighted by atomic mass is 9.94. The first-order chi connectivity index (χ1) is 16.6. The summed E-state index contributed by atoms with van der Waals surface area (Å²) in [6.07, 6.45) is 1.56. The molecule has 2 aliphatic carbocycles. The second-order valence-electron chi connectivity index (χ2n) is 8.40. The standard InChI is InChI=1S/C23H22F4N2O6/c24-22(25)34-16-7-6-12(8-17(16)35-23(26)27)15(9-18(30)31)29-10-13-2-1-3-14(19(13)21(29)33)28-20(32)11-4-5-11/h1-3,6,8,11,15-16,22-23H,4-5,7,9-10H2,(H,28,32)(H,30,31). The van der Waals surface area contributed by atoms with E-state index in [1.807, 2.05) is 0 Å². The Bertz CT molecular complexity index is 1090. The molecule has 188 valence electrons. The van der Waals surface area contributed by atoms with Gasteiger partial charge in [-0.25, -0.2) is 0 Å². The molecule has 0 radical (unpaired) electrons. The maximum atomic E-state index is 13.4. The first-order valence-electron chi connectivity index (χ1n) is 10.9. The van der Waals surface area contributed by atoms with Crippen LogP contribution in [0, 0.1) is 5.92 Å². The number of rotatable bonds is 10. The predicted molar refractivity (Wildman–Crippen MR) is 112 cm³/mol. The third-order valence-corrected chi connectivity index (χ3v) is 5.99. The molecule has 12 heteroatoms. The van der Waals surface area contributed by atoms with E-state index in [0.29, 0.717) is 11.3 Å². The van der Waals surface area contributed by atoms with Crippen LogP contribution in [0.3, 0.4) is 0 Å². The number of fused-ring (bicyclic) bond motifs is 1. The van der Waals surface area contributed by atoms with Crippen LogP contribution < -0.4 is 5.32 Å². The molecule has 1 heterocycles. The van der Waals surface area contributed by atoms with Crippen LogP contribution in [0.4, 0.5) is 23.2 Å². The summed E-state index contributed by atoms with van der Waals surface area (Å²) in [5.74, 6) is -2.71. The van der Waals surface area contributed by atoms with Crippen molar-refractivity contribution in [1.29, 1.82) is 0 Å². The largest absolute Gasteiger partial charge is 0.481 e. The van der Waals surface area contributed by atoms with Gasteiger partial charge in [0.15, 0.2) is 0 Å². The van der Waals surface area contributed by atoms with Gasteiger partial charge in [-0.15, -0.1) is 0 Å². The minimum Gasteiger partial charge on any atom is -0.481 e. The number of nitrogens with one attached hydrogen (secondary N) is 1. The van der Waals surface area contributed by atoms with Crippen LogP contribution in [0.5, 0.6) is 0 Å². The Morgan fingerprint density at radius 1 is 1.17 bits per heavy atom. The molecule has 0 aromatic heterocycles. The summed E-state index contributed by atoms with van der Waals surface area (Å²) in [7, 11) is 0. The number of carbonyl (C=O) groups excluding carboxylic acids is 2. The molecule has 1 fully saturated rings. The summed E-state index contributed by atoms with van der Waals surface area (Å²) in [5, 5.41) is 12.2. The number of carboxylic acids is 1. The van der Waals surface area contributed by atoms with E-state index >= 15 is 0 Å². The normalized spacial score (nSPS) is 20.5. The predicted octanol–water partition coefficient (Wildman–Crippen LogP) is 3.90. The quantitative estimate of drug-likeness (QED) is 0.475. The van der Waals surface area contributed by atoms with Gasteiger partial charge in [0.1, 0.15) is 11.9 Å². The molecular weight excluding hydrogens is 476 g/mol. The molecule has 2 amide bonds. The average Bonchev–Trinajstić information content (AvgIpc) is 3.57. The molecule has 1 aromatic rings. The van der Waals surface area contributed by atoms with Gasteiger partial charge in [0.2, 0.25) is 5.91 Å². The Balaban J connectivity index is 1.62. The first-order valence-corrected chi connectivity index (χ1v) is 10.9. The maximum absolute atomic E-state index is 13.4. The van der Waals surface area contributed by atoms with Gasteiger partial charge >= 0.3 is 19.2 Å². The fraction of sp³-hybridized carbons (Fsp3) is 0.435. The Labute approximate surface area is 197 Å². The van der Waals surface area contributed by atoms with Crippen molar-refractivity contribution in [2.75, 3.05) is 5.32 Å². The van der Waals surface area contributed by atoms with Gasteiger partial charge < -0.3 is 24.8 Å². The number of carboxylic acid groups (broad SMARTS) is 1. The zero-order valence-corrected chi connectivity index (χ0v) is 18.3. The van der Waals surface area contributed by atoms with Crippen molar-refractivity contribution in [3.8, 4) is 0 Å². The highest BCUT2D eigenvalue weighted by Crippen LogP contribution is 2.37. The lowest BCUT2D eigenvalue weighted by molar-refractivity contribution is -0.180. The molecular formula is C23H22F4N2O6. The van der Waals surface area contributed by atoms with Gasteiger partial charge in [0.25, 0.3) is 5.91 Å². The van der Waals surface area contributed by atoms with E-state index in [2.05, 4.69) is 14.8 Å². The summed E-state index contributed by atoms with van der Waals surface area (Å²) < 4.78 is 59.9. The number of aliphatic carboxylic acids is 1. The summed E-state index contributed by atoms with van der Waals surface area (Å²) in [5.41, 5.74) is 1.23. The fourth-order valence-corrected chi connectivity index (χ4v) is 4.26. The third-order valence-electron chi connectivity index (χ3n) is 5.99. The SMILES string of the molecule is O=C(O)CC(C1=CCC(OC(F)F)C(OC(F)F)=C1)N1Cc2cccc(NC(=O)C3CC3)c2C1=O. The van der Waals surface area contributed by atoms with Gasteiger partial charge in [-0.3, -0.25) is 14.4 Å². The van der Waals surface area contributed by atoms with Gasteiger partial charge in [0.05, 0.1) is 23.7 Å². The zero-order chi connectivity index (χ0) is 25.3. The lowest BCUT2D eigenvalue weighted by Crippen LogP contribution is -2.39. The second-order valence-corrected chi connectivity index (χ2v) is 8.40. The Hall–Kier alpha value is -3.41. The van der Waals surface area contributed by atoms with E-state index in [1.54, 1.807) is 18.2 Å². The summed E-state index contributed by atoms with van der Waals surface area (Å²) in [4.78, 5) is 38.5. The summed E-state index contributed by atoms with van der Waals surface area (Å²) in [6.45, 7) is -6.56. The summed E-state index contributed by atoms with van der Waals surface area (Å²) in [6, 6.07) is 3.79. The Morgan fingerprint density at radius 2 is 1.91 bits per heavy atom. The van der Waals surface area contributed by atoms with Gasteiger partial charge in [-0.2, -0.15) is 17.6 Å². The van der Waals surface area contributed by atoms with Gasteiger partial charge in [-0.1, -0.05) is 18.2 Å². The first kappa shape index (κ1) is 24.7.